The predicted octanol–water partition coefficient (Wildman–Crippen LogP) is 5.25. The van der Waals surface area contributed by atoms with Crippen molar-refractivity contribution in [3.63, 3.8) is 0 Å². The van der Waals surface area contributed by atoms with Crippen molar-refractivity contribution in [2.24, 2.45) is 0 Å². The number of rotatable bonds is 6. The minimum absolute atomic E-state index is 0.404. The van der Waals surface area contributed by atoms with E-state index in [9.17, 15) is 0 Å². The van der Waals surface area contributed by atoms with Crippen LogP contribution in [0.2, 0.25) is 5.02 Å². The lowest BCUT2D eigenvalue weighted by Crippen LogP contribution is -2.02. The molecule has 0 bridgehead atoms. The molecule has 0 heterocycles. The molecule has 0 aliphatic heterocycles. The van der Waals surface area contributed by atoms with Crippen molar-refractivity contribution < 1.29 is 4.74 Å². The highest BCUT2D eigenvalue weighted by Gasteiger charge is 2.03. The van der Waals surface area contributed by atoms with Gasteiger partial charge in [-0.25, -0.2) is 0 Å². The maximum absolute atomic E-state index is 5.92. The van der Waals surface area contributed by atoms with E-state index in [0.29, 0.717) is 17.5 Å². The zero-order valence-electron chi connectivity index (χ0n) is 10.3. The largest absolute Gasteiger partial charge is 0.492 e. The van der Waals surface area contributed by atoms with Gasteiger partial charge in [-0.1, -0.05) is 29.8 Å². The van der Waals surface area contributed by atoms with Crippen LogP contribution in [-0.4, -0.2) is 12.4 Å². The number of benzene rings is 2. The third-order valence-corrected chi connectivity index (χ3v) is 4.02. The van der Waals surface area contributed by atoms with Crippen LogP contribution >= 0.6 is 35.0 Å². The normalized spacial score (nSPS) is 10.4. The van der Waals surface area contributed by atoms with Gasteiger partial charge in [-0.3, -0.25) is 0 Å². The number of halogens is 2. The maximum Gasteiger partial charge on any atom is 0.123 e. The fourth-order valence-electron chi connectivity index (χ4n) is 1.62. The molecule has 1 nitrogen and oxygen atoms in total. The molecule has 0 aliphatic carbocycles. The summed E-state index contributed by atoms with van der Waals surface area (Å²) in [5.74, 6) is 2.11. The molecule has 0 aliphatic rings. The molecule has 4 heteroatoms. The molecule has 2 rings (SSSR count). The van der Waals surface area contributed by atoms with Crippen molar-refractivity contribution in [1.82, 2.24) is 0 Å². The smallest absolute Gasteiger partial charge is 0.123 e. The van der Waals surface area contributed by atoms with E-state index in [1.54, 1.807) is 11.8 Å². The fraction of sp³-hybridized carbons (Fsp3) is 0.200. The van der Waals surface area contributed by atoms with Gasteiger partial charge in [0.25, 0.3) is 0 Å². The SMILES string of the molecule is ClCc1cc(Cl)ccc1OCCSc1ccccc1. The van der Waals surface area contributed by atoms with E-state index >= 15 is 0 Å². The van der Waals surface area contributed by atoms with Crippen LogP contribution in [0.15, 0.2) is 53.4 Å². The third-order valence-electron chi connectivity index (χ3n) is 2.52. The van der Waals surface area contributed by atoms with Crippen LogP contribution in [0.25, 0.3) is 0 Å². The molecule has 0 unspecified atom stereocenters. The minimum Gasteiger partial charge on any atom is -0.492 e. The molecule has 0 radical (unpaired) electrons. The first-order chi connectivity index (χ1) is 9.29. The molecule has 0 saturated heterocycles. The second kappa shape index (κ2) is 7.68. The zero-order chi connectivity index (χ0) is 13.5. The van der Waals surface area contributed by atoms with Gasteiger partial charge in [0.05, 0.1) is 12.5 Å². The topological polar surface area (TPSA) is 9.23 Å². The Kier molecular flexibility index (Phi) is 5.90. The van der Waals surface area contributed by atoms with E-state index in [0.717, 1.165) is 17.1 Å². The predicted molar refractivity (Wildman–Crippen MR) is 83.7 cm³/mol. The first kappa shape index (κ1) is 14.6. The summed E-state index contributed by atoms with van der Waals surface area (Å²) < 4.78 is 5.74. The van der Waals surface area contributed by atoms with Crippen molar-refractivity contribution in [1.29, 1.82) is 0 Å². The van der Waals surface area contributed by atoms with Gasteiger partial charge < -0.3 is 4.74 Å². The Morgan fingerprint density at radius 2 is 1.84 bits per heavy atom. The quantitative estimate of drug-likeness (QED) is 0.409. The molecule has 2 aromatic rings. The Morgan fingerprint density at radius 1 is 1.05 bits per heavy atom. The maximum atomic E-state index is 5.92. The molecule has 0 N–H and O–H groups in total. The van der Waals surface area contributed by atoms with Crippen LogP contribution in [0.3, 0.4) is 0 Å². The average molecular weight is 313 g/mol. The molecular weight excluding hydrogens is 299 g/mol. The highest BCUT2D eigenvalue weighted by atomic mass is 35.5. The first-order valence-corrected chi connectivity index (χ1v) is 7.84. The van der Waals surface area contributed by atoms with Crippen molar-refractivity contribution >= 4 is 35.0 Å². The summed E-state index contributed by atoms with van der Waals surface area (Å²) in [6.07, 6.45) is 0. The van der Waals surface area contributed by atoms with E-state index in [2.05, 4.69) is 12.1 Å². The van der Waals surface area contributed by atoms with Gasteiger partial charge in [-0.05, 0) is 30.3 Å². The third kappa shape index (κ3) is 4.64. The Labute approximate surface area is 127 Å². The Hall–Kier alpha value is -0.830. The second-order valence-electron chi connectivity index (χ2n) is 3.90. The van der Waals surface area contributed by atoms with Gasteiger partial charge in [0.2, 0.25) is 0 Å². The lowest BCUT2D eigenvalue weighted by molar-refractivity contribution is 0.341. The highest BCUT2D eigenvalue weighted by Crippen LogP contribution is 2.25. The number of alkyl halides is 1. The van der Waals surface area contributed by atoms with Crippen LogP contribution in [0.1, 0.15) is 5.56 Å². The van der Waals surface area contributed by atoms with Gasteiger partial charge in [0, 0.05) is 21.2 Å². The van der Waals surface area contributed by atoms with Gasteiger partial charge in [-0.2, -0.15) is 0 Å². The number of hydrogen-bond donors (Lipinski definition) is 0. The Morgan fingerprint density at radius 3 is 2.58 bits per heavy atom. The van der Waals surface area contributed by atoms with E-state index in [4.69, 9.17) is 27.9 Å². The molecule has 2 aromatic carbocycles. The summed E-state index contributed by atoms with van der Waals surface area (Å²) in [5.41, 5.74) is 0.930. The first-order valence-electron chi connectivity index (χ1n) is 5.94. The molecule has 0 fully saturated rings. The van der Waals surface area contributed by atoms with Crippen molar-refractivity contribution in [2.75, 3.05) is 12.4 Å². The Balaban J connectivity index is 1.83. The van der Waals surface area contributed by atoms with Crippen molar-refractivity contribution in [3.8, 4) is 5.75 Å². The summed E-state index contributed by atoms with van der Waals surface area (Å²) in [5, 5.41) is 0.682. The van der Waals surface area contributed by atoms with Crippen LogP contribution in [0, 0.1) is 0 Å². The monoisotopic (exact) mass is 312 g/mol. The molecule has 0 atom stereocenters. The van der Waals surface area contributed by atoms with Gasteiger partial charge in [0.1, 0.15) is 5.75 Å². The lowest BCUT2D eigenvalue weighted by Gasteiger charge is -2.10. The van der Waals surface area contributed by atoms with Gasteiger partial charge in [0.15, 0.2) is 0 Å². The van der Waals surface area contributed by atoms with Crippen LogP contribution in [0.5, 0.6) is 5.75 Å². The average Bonchev–Trinajstić information content (AvgIpc) is 2.46. The molecule has 0 aromatic heterocycles. The number of ether oxygens (including phenoxy) is 1. The summed E-state index contributed by atoms with van der Waals surface area (Å²) in [6, 6.07) is 15.8. The number of thioether (sulfide) groups is 1. The summed E-state index contributed by atoms with van der Waals surface area (Å²) >= 11 is 13.6. The lowest BCUT2D eigenvalue weighted by atomic mass is 10.2. The van der Waals surface area contributed by atoms with E-state index < -0.39 is 0 Å². The van der Waals surface area contributed by atoms with E-state index in [1.807, 2.05) is 36.4 Å². The highest BCUT2D eigenvalue weighted by molar-refractivity contribution is 7.99. The van der Waals surface area contributed by atoms with Crippen LogP contribution < -0.4 is 4.74 Å². The molecule has 19 heavy (non-hydrogen) atoms. The van der Waals surface area contributed by atoms with Crippen LogP contribution in [0.4, 0.5) is 0 Å². The van der Waals surface area contributed by atoms with Crippen molar-refractivity contribution in [3.05, 3.63) is 59.1 Å². The molecular formula is C15H14Cl2OS. The standard InChI is InChI=1S/C15H14Cl2OS/c16-11-12-10-13(17)6-7-15(12)18-8-9-19-14-4-2-1-3-5-14/h1-7,10H,8-9,11H2. The molecule has 100 valence electrons. The zero-order valence-corrected chi connectivity index (χ0v) is 12.6. The molecule has 0 saturated carbocycles. The van der Waals surface area contributed by atoms with E-state index in [1.165, 1.54) is 4.90 Å². The summed E-state index contributed by atoms with van der Waals surface area (Å²) in [7, 11) is 0. The van der Waals surface area contributed by atoms with Gasteiger partial charge in [-0.15, -0.1) is 23.4 Å². The Bertz CT molecular complexity index is 517. The van der Waals surface area contributed by atoms with Crippen LogP contribution in [-0.2, 0) is 5.88 Å². The molecule has 0 spiro atoms. The van der Waals surface area contributed by atoms with E-state index in [-0.39, 0.29) is 0 Å². The number of hydrogen-bond acceptors (Lipinski definition) is 2. The fourth-order valence-corrected chi connectivity index (χ4v) is 2.78. The van der Waals surface area contributed by atoms with Gasteiger partial charge >= 0.3 is 0 Å². The van der Waals surface area contributed by atoms with Crippen molar-refractivity contribution in [2.45, 2.75) is 10.8 Å². The minimum atomic E-state index is 0.404. The molecule has 0 amide bonds. The summed E-state index contributed by atoms with van der Waals surface area (Å²) in [6.45, 7) is 0.644. The second-order valence-corrected chi connectivity index (χ2v) is 5.77. The summed E-state index contributed by atoms with van der Waals surface area (Å²) in [4.78, 5) is 1.25.